The number of rotatable bonds is 8. The number of carbonyl (C=O) groups is 1. The van der Waals surface area contributed by atoms with E-state index in [-0.39, 0.29) is 23.9 Å². The molecule has 0 radical (unpaired) electrons. The molecule has 0 bridgehead atoms. The average molecular weight is 325 g/mol. The number of hydrogen-bond donors (Lipinski definition) is 2. The maximum atomic E-state index is 11.7. The molecule has 1 unspecified atom stereocenters. The molecule has 1 aromatic rings. The zero-order valence-corrected chi connectivity index (χ0v) is 13.6. The normalized spacial score (nSPS) is 12.5. The molecule has 0 heterocycles. The van der Waals surface area contributed by atoms with E-state index >= 15 is 0 Å². The van der Waals surface area contributed by atoms with Crippen molar-refractivity contribution in [3.05, 3.63) is 34.4 Å². The SMILES string of the molecule is CC(CN)COC(C)(C)CNC(=O)Oc1ccc([N+](=O)[O-])cc1. The summed E-state index contributed by atoms with van der Waals surface area (Å²) in [6, 6.07) is 5.26. The molecule has 8 heteroatoms. The molecular formula is C15H23N3O5. The molecule has 0 aliphatic rings. The van der Waals surface area contributed by atoms with Crippen LogP contribution >= 0.6 is 0 Å². The summed E-state index contributed by atoms with van der Waals surface area (Å²) >= 11 is 0. The standard InChI is InChI=1S/C15H23N3O5/c1-11(8-16)9-22-15(2,3)10-17-14(19)23-13-6-4-12(5-7-13)18(20)21/h4-7,11H,8-10,16H2,1-3H3,(H,17,19). The molecule has 0 aromatic heterocycles. The van der Waals surface area contributed by atoms with Gasteiger partial charge in [0.2, 0.25) is 0 Å². The van der Waals surface area contributed by atoms with Gasteiger partial charge in [-0.15, -0.1) is 0 Å². The van der Waals surface area contributed by atoms with E-state index in [1.165, 1.54) is 24.3 Å². The highest BCUT2D eigenvalue weighted by Gasteiger charge is 2.21. The van der Waals surface area contributed by atoms with Gasteiger partial charge in [0.1, 0.15) is 5.75 Å². The fourth-order valence-electron chi connectivity index (χ4n) is 1.55. The van der Waals surface area contributed by atoms with Crippen LogP contribution in [0.15, 0.2) is 24.3 Å². The molecule has 1 atom stereocenters. The Morgan fingerprint density at radius 1 is 1.39 bits per heavy atom. The van der Waals surface area contributed by atoms with Crippen LogP contribution in [0.3, 0.4) is 0 Å². The van der Waals surface area contributed by atoms with Crippen molar-refractivity contribution in [3.63, 3.8) is 0 Å². The number of nitro benzene ring substituents is 1. The van der Waals surface area contributed by atoms with Crippen LogP contribution in [0.25, 0.3) is 0 Å². The van der Waals surface area contributed by atoms with Crippen molar-refractivity contribution in [2.75, 3.05) is 19.7 Å². The molecule has 0 fully saturated rings. The second-order valence-corrected chi connectivity index (χ2v) is 5.91. The molecule has 0 saturated heterocycles. The van der Waals surface area contributed by atoms with Crippen LogP contribution in [0.2, 0.25) is 0 Å². The molecule has 0 aliphatic heterocycles. The molecule has 0 spiro atoms. The second-order valence-electron chi connectivity index (χ2n) is 5.91. The summed E-state index contributed by atoms with van der Waals surface area (Å²) in [5, 5.41) is 13.1. The van der Waals surface area contributed by atoms with E-state index in [2.05, 4.69) is 5.32 Å². The number of nitrogens with zero attached hydrogens (tertiary/aromatic N) is 1. The average Bonchev–Trinajstić information content (AvgIpc) is 2.51. The minimum Gasteiger partial charge on any atom is -0.410 e. The highest BCUT2D eigenvalue weighted by atomic mass is 16.6. The van der Waals surface area contributed by atoms with Crippen LogP contribution in [0.5, 0.6) is 5.75 Å². The quantitative estimate of drug-likeness (QED) is 0.558. The van der Waals surface area contributed by atoms with Crippen molar-refractivity contribution < 1.29 is 19.2 Å². The Bertz CT molecular complexity index is 530. The third kappa shape index (κ3) is 7.07. The van der Waals surface area contributed by atoms with Crippen LogP contribution in [-0.4, -0.2) is 36.3 Å². The molecule has 128 valence electrons. The number of nitrogens with one attached hydrogen (secondary N) is 1. The number of carbonyl (C=O) groups excluding carboxylic acids is 1. The summed E-state index contributed by atoms with van der Waals surface area (Å²) in [5.74, 6) is 0.463. The summed E-state index contributed by atoms with van der Waals surface area (Å²) in [4.78, 5) is 21.7. The van der Waals surface area contributed by atoms with E-state index in [4.69, 9.17) is 15.2 Å². The number of benzene rings is 1. The maximum absolute atomic E-state index is 11.7. The van der Waals surface area contributed by atoms with Gasteiger partial charge in [0.05, 0.1) is 17.1 Å². The van der Waals surface area contributed by atoms with Crippen LogP contribution in [0.1, 0.15) is 20.8 Å². The predicted molar refractivity (Wildman–Crippen MR) is 85.4 cm³/mol. The molecule has 1 rings (SSSR count). The fraction of sp³-hybridized carbons (Fsp3) is 0.533. The highest BCUT2D eigenvalue weighted by Crippen LogP contribution is 2.17. The fourth-order valence-corrected chi connectivity index (χ4v) is 1.55. The lowest BCUT2D eigenvalue weighted by atomic mass is 10.1. The van der Waals surface area contributed by atoms with Gasteiger partial charge in [-0.25, -0.2) is 4.79 Å². The first-order valence-corrected chi connectivity index (χ1v) is 7.27. The Balaban J connectivity index is 2.42. The number of non-ortho nitro benzene ring substituents is 1. The van der Waals surface area contributed by atoms with E-state index in [0.717, 1.165) is 0 Å². The molecule has 23 heavy (non-hydrogen) atoms. The van der Waals surface area contributed by atoms with Crippen molar-refractivity contribution in [2.45, 2.75) is 26.4 Å². The van der Waals surface area contributed by atoms with E-state index in [1.807, 2.05) is 20.8 Å². The van der Waals surface area contributed by atoms with Gasteiger partial charge in [0, 0.05) is 18.7 Å². The summed E-state index contributed by atoms with van der Waals surface area (Å²) < 4.78 is 10.7. The number of nitrogens with two attached hydrogens (primary N) is 1. The van der Waals surface area contributed by atoms with Crippen LogP contribution in [-0.2, 0) is 4.74 Å². The van der Waals surface area contributed by atoms with Crippen molar-refractivity contribution >= 4 is 11.8 Å². The number of hydrogen-bond acceptors (Lipinski definition) is 6. The van der Waals surface area contributed by atoms with Gasteiger partial charge in [0.25, 0.3) is 5.69 Å². The lowest BCUT2D eigenvalue weighted by Crippen LogP contribution is -2.42. The van der Waals surface area contributed by atoms with E-state index in [1.54, 1.807) is 0 Å². The van der Waals surface area contributed by atoms with Gasteiger partial charge < -0.3 is 20.5 Å². The first-order chi connectivity index (χ1) is 10.7. The van der Waals surface area contributed by atoms with Crippen LogP contribution in [0, 0.1) is 16.0 Å². The van der Waals surface area contributed by atoms with Crippen molar-refractivity contribution in [1.29, 1.82) is 0 Å². The summed E-state index contributed by atoms with van der Waals surface area (Å²) in [6.07, 6.45) is -0.651. The zero-order valence-electron chi connectivity index (χ0n) is 13.6. The third-order valence-electron chi connectivity index (χ3n) is 3.08. The van der Waals surface area contributed by atoms with Gasteiger partial charge in [-0.05, 0) is 38.4 Å². The minimum absolute atomic E-state index is 0.0682. The number of ether oxygens (including phenoxy) is 2. The lowest BCUT2D eigenvalue weighted by Gasteiger charge is -2.27. The zero-order chi connectivity index (χ0) is 17.5. The smallest absolute Gasteiger partial charge is 0.410 e. The Morgan fingerprint density at radius 3 is 2.52 bits per heavy atom. The number of amides is 1. The van der Waals surface area contributed by atoms with Crippen molar-refractivity contribution in [3.8, 4) is 5.75 Å². The topological polar surface area (TPSA) is 117 Å². The van der Waals surface area contributed by atoms with E-state index < -0.39 is 16.6 Å². The Morgan fingerprint density at radius 2 is 2.00 bits per heavy atom. The summed E-state index contributed by atoms with van der Waals surface area (Å²) in [7, 11) is 0. The van der Waals surface area contributed by atoms with Crippen molar-refractivity contribution in [2.24, 2.45) is 11.7 Å². The van der Waals surface area contributed by atoms with Gasteiger partial charge in [-0.1, -0.05) is 6.92 Å². The highest BCUT2D eigenvalue weighted by molar-refractivity contribution is 5.70. The van der Waals surface area contributed by atoms with E-state index in [0.29, 0.717) is 13.2 Å². The Labute approximate surface area is 135 Å². The van der Waals surface area contributed by atoms with Gasteiger partial charge in [0.15, 0.2) is 0 Å². The Hall–Kier alpha value is -2.19. The molecule has 0 aliphatic carbocycles. The van der Waals surface area contributed by atoms with Gasteiger partial charge in [-0.3, -0.25) is 10.1 Å². The van der Waals surface area contributed by atoms with Gasteiger partial charge in [-0.2, -0.15) is 0 Å². The van der Waals surface area contributed by atoms with Gasteiger partial charge >= 0.3 is 6.09 Å². The lowest BCUT2D eigenvalue weighted by molar-refractivity contribution is -0.384. The summed E-state index contributed by atoms with van der Waals surface area (Å²) in [5.41, 5.74) is 4.90. The van der Waals surface area contributed by atoms with Crippen molar-refractivity contribution in [1.82, 2.24) is 5.32 Å². The molecular weight excluding hydrogens is 302 g/mol. The third-order valence-corrected chi connectivity index (χ3v) is 3.08. The first kappa shape index (κ1) is 18.9. The van der Waals surface area contributed by atoms with Crippen LogP contribution in [0.4, 0.5) is 10.5 Å². The molecule has 1 aromatic carbocycles. The monoisotopic (exact) mass is 325 g/mol. The molecule has 0 saturated carbocycles. The largest absolute Gasteiger partial charge is 0.412 e. The molecule has 1 amide bonds. The van der Waals surface area contributed by atoms with E-state index in [9.17, 15) is 14.9 Å². The summed E-state index contributed by atoms with van der Waals surface area (Å²) in [6.45, 7) is 6.97. The first-order valence-electron chi connectivity index (χ1n) is 7.27. The molecule has 3 N–H and O–H groups in total. The van der Waals surface area contributed by atoms with Crippen LogP contribution < -0.4 is 15.8 Å². The Kier molecular flexibility index (Phi) is 6.92. The molecule has 8 nitrogen and oxygen atoms in total. The predicted octanol–water partition coefficient (Wildman–Crippen LogP) is 2.07. The maximum Gasteiger partial charge on any atom is 0.412 e. The minimum atomic E-state index is -0.651. The second kappa shape index (κ2) is 8.44. The number of nitro groups is 1.